The summed E-state index contributed by atoms with van der Waals surface area (Å²) in [5.74, 6) is 0. The fourth-order valence-electron chi connectivity index (χ4n) is 2.62. The number of nitrogens with one attached hydrogen (secondary N) is 1. The number of fused-ring (bicyclic) bond motifs is 1. The van der Waals surface area contributed by atoms with Gasteiger partial charge in [-0.1, -0.05) is 20.8 Å². The van der Waals surface area contributed by atoms with Crippen LogP contribution >= 0.6 is 11.3 Å². The van der Waals surface area contributed by atoms with Crippen molar-refractivity contribution >= 4 is 36.2 Å². The molecule has 0 aliphatic heterocycles. The lowest BCUT2D eigenvalue weighted by atomic mass is 10.2. The zero-order chi connectivity index (χ0) is 18.2. The highest BCUT2D eigenvalue weighted by Gasteiger charge is 2.38. The molecule has 25 heavy (non-hydrogen) atoms. The van der Waals surface area contributed by atoms with Gasteiger partial charge in [-0.2, -0.15) is 0 Å². The SMILES string of the molecule is CC(Nc1ccc2c(ccn2-c2nccs2)c1)O[Si](C)(C)C(C)(C)C. The second-order valence-electron chi connectivity index (χ2n) is 7.94. The van der Waals surface area contributed by atoms with E-state index in [1.807, 2.05) is 11.6 Å². The summed E-state index contributed by atoms with van der Waals surface area (Å²) >= 11 is 1.64. The van der Waals surface area contributed by atoms with Crippen molar-refractivity contribution in [1.82, 2.24) is 9.55 Å². The quantitative estimate of drug-likeness (QED) is 0.449. The molecule has 2 heterocycles. The van der Waals surface area contributed by atoms with Gasteiger partial charge < -0.3 is 9.74 Å². The van der Waals surface area contributed by atoms with Crippen molar-refractivity contribution in [3.8, 4) is 5.13 Å². The van der Waals surface area contributed by atoms with Crippen LogP contribution in [-0.4, -0.2) is 24.1 Å². The van der Waals surface area contributed by atoms with E-state index in [0.29, 0.717) is 0 Å². The van der Waals surface area contributed by atoms with Crippen LogP contribution in [0.3, 0.4) is 0 Å². The Labute approximate surface area is 155 Å². The first-order valence-corrected chi connectivity index (χ1v) is 12.4. The van der Waals surface area contributed by atoms with E-state index in [-0.39, 0.29) is 11.3 Å². The predicted molar refractivity (Wildman–Crippen MR) is 110 cm³/mol. The molecule has 0 spiro atoms. The minimum absolute atomic E-state index is 0.0145. The molecule has 4 nitrogen and oxygen atoms in total. The van der Waals surface area contributed by atoms with Gasteiger partial charge in [-0.15, -0.1) is 11.3 Å². The number of anilines is 1. The average molecular weight is 374 g/mol. The van der Waals surface area contributed by atoms with E-state index < -0.39 is 8.32 Å². The minimum Gasteiger partial charge on any atom is -0.398 e. The molecule has 0 amide bonds. The summed E-state index contributed by atoms with van der Waals surface area (Å²) in [6.45, 7) is 13.4. The fraction of sp³-hybridized carbons (Fsp3) is 0.421. The van der Waals surface area contributed by atoms with E-state index in [0.717, 1.165) is 10.8 Å². The summed E-state index contributed by atoms with van der Waals surface area (Å²) in [4.78, 5) is 4.39. The van der Waals surface area contributed by atoms with Crippen LogP contribution in [0.1, 0.15) is 27.7 Å². The molecule has 0 fully saturated rings. The van der Waals surface area contributed by atoms with Gasteiger partial charge in [0, 0.05) is 28.8 Å². The lowest BCUT2D eigenvalue weighted by Gasteiger charge is -2.38. The Balaban J connectivity index is 1.77. The van der Waals surface area contributed by atoms with Crippen LogP contribution in [0.4, 0.5) is 5.69 Å². The molecule has 134 valence electrons. The summed E-state index contributed by atoms with van der Waals surface area (Å²) in [6, 6.07) is 8.54. The molecular weight excluding hydrogens is 346 g/mol. The number of nitrogens with zero attached hydrogens (tertiary/aromatic N) is 2. The predicted octanol–water partition coefficient (Wildman–Crippen LogP) is 5.87. The van der Waals surface area contributed by atoms with Crippen LogP contribution in [0.2, 0.25) is 18.1 Å². The van der Waals surface area contributed by atoms with Crippen molar-refractivity contribution < 1.29 is 4.43 Å². The van der Waals surface area contributed by atoms with Crippen molar-refractivity contribution in [2.24, 2.45) is 0 Å². The molecule has 1 aromatic carbocycles. The molecule has 3 rings (SSSR count). The van der Waals surface area contributed by atoms with E-state index in [4.69, 9.17) is 4.43 Å². The number of benzene rings is 1. The molecule has 0 bridgehead atoms. The number of rotatable bonds is 5. The van der Waals surface area contributed by atoms with E-state index in [1.165, 1.54) is 10.9 Å². The lowest BCUT2D eigenvalue weighted by molar-refractivity contribution is 0.225. The first-order chi connectivity index (χ1) is 11.7. The van der Waals surface area contributed by atoms with E-state index >= 15 is 0 Å². The van der Waals surface area contributed by atoms with Crippen molar-refractivity contribution in [1.29, 1.82) is 0 Å². The highest BCUT2D eigenvalue weighted by atomic mass is 32.1. The molecule has 2 aromatic heterocycles. The van der Waals surface area contributed by atoms with Gasteiger partial charge in [-0.05, 0) is 49.3 Å². The lowest BCUT2D eigenvalue weighted by Crippen LogP contribution is -2.45. The van der Waals surface area contributed by atoms with Crippen molar-refractivity contribution in [3.63, 3.8) is 0 Å². The maximum atomic E-state index is 6.40. The number of aromatic nitrogens is 2. The molecule has 3 aromatic rings. The Bertz CT molecular complexity index is 849. The molecule has 0 radical (unpaired) electrons. The maximum Gasteiger partial charge on any atom is 0.194 e. The van der Waals surface area contributed by atoms with Crippen LogP contribution < -0.4 is 5.32 Å². The van der Waals surface area contributed by atoms with Gasteiger partial charge >= 0.3 is 0 Å². The fourth-order valence-corrected chi connectivity index (χ4v) is 4.55. The second kappa shape index (κ2) is 6.59. The standard InChI is InChI=1S/C19H27N3OSSi/c1-14(23-25(5,6)19(2,3)4)21-16-7-8-17-15(13-16)9-11-22(17)18-20-10-12-24-18/h7-14,21H,1-6H3. The van der Waals surface area contributed by atoms with Crippen LogP contribution in [0.5, 0.6) is 0 Å². The monoisotopic (exact) mass is 373 g/mol. The number of hydrogen-bond donors (Lipinski definition) is 1. The van der Waals surface area contributed by atoms with Crippen molar-refractivity contribution in [2.45, 2.75) is 52.1 Å². The van der Waals surface area contributed by atoms with Crippen LogP contribution in [0.25, 0.3) is 16.0 Å². The highest BCUT2D eigenvalue weighted by molar-refractivity contribution is 7.12. The maximum absolute atomic E-state index is 6.40. The number of thiazole rings is 1. The first-order valence-electron chi connectivity index (χ1n) is 8.63. The third-order valence-electron chi connectivity index (χ3n) is 4.96. The molecule has 0 aliphatic rings. The molecule has 1 atom stereocenters. The molecule has 0 aliphatic carbocycles. The summed E-state index contributed by atoms with van der Waals surface area (Å²) < 4.78 is 8.52. The summed E-state index contributed by atoms with van der Waals surface area (Å²) in [6.07, 6.45) is 3.89. The Morgan fingerprint density at radius 2 is 2.00 bits per heavy atom. The van der Waals surface area contributed by atoms with Crippen molar-refractivity contribution in [2.75, 3.05) is 5.32 Å². The normalized spacial score (nSPS) is 14.0. The van der Waals surface area contributed by atoms with Gasteiger partial charge in [0.25, 0.3) is 0 Å². The molecule has 0 saturated carbocycles. The Kier molecular flexibility index (Phi) is 4.79. The zero-order valence-corrected chi connectivity index (χ0v) is 17.6. The molecule has 0 saturated heterocycles. The van der Waals surface area contributed by atoms with Crippen molar-refractivity contribution in [3.05, 3.63) is 42.0 Å². The summed E-state index contributed by atoms with van der Waals surface area (Å²) in [5.41, 5.74) is 2.24. The molecule has 1 N–H and O–H groups in total. The van der Waals surface area contributed by atoms with Gasteiger partial charge in [0.2, 0.25) is 0 Å². The Morgan fingerprint density at radius 3 is 2.64 bits per heavy atom. The first kappa shape index (κ1) is 18.2. The summed E-state index contributed by atoms with van der Waals surface area (Å²) in [5, 5.41) is 7.88. The topological polar surface area (TPSA) is 39.1 Å². The van der Waals surface area contributed by atoms with Gasteiger partial charge in [0.1, 0.15) is 6.23 Å². The highest BCUT2D eigenvalue weighted by Crippen LogP contribution is 2.37. The smallest absolute Gasteiger partial charge is 0.194 e. The Morgan fingerprint density at radius 1 is 1.24 bits per heavy atom. The minimum atomic E-state index is -1.78. The Hall–Kier alpha value is -1.63. The van der Waals surface area contributed by atoms with Crippen LogP contribution in [0, 0.1) is 0 Å². The third-order valence-corrected chi connectivity index (χ3v) is 10.3. The van der Waals surface area contributed by atoms with Gasteiger partial charge in [0.15, 0.2) is 13.4 Å². The van der Waals surface area contributed by atoms with Crippen LogP contribution in [-0.2, 0) is 4.43 Å². The van der Waals surface area contributed by atoms with E-state index in [9.17, 15) is 0 Å². The molecule has 6 heteroatoms. The molecule has 1 unspecified atom stereocenters. The largest absolute Gasteiger partial charge is 0.398 e. The van der Waals surface area contributed by atoms with Gasteiger partial charge in [-0.3, -0.25) is 4.57 Å². The van der Waals surface area contributed by atoms with Gasteiger partial charge in [-0.25, -0.2) is 4.98 Å². The summed E-state index contributed by atoms with van der Waals surface area (Å²) in [7, 11) is -1.78. The van der Waals surface area contributed by atoms with E-state index in [2.05, 4.69) is 86.1 Å². The zero-order valence-electron chi connectivity index (χ0n) is 15.8. The molecular formula is C19H27N3OSSi. The van der Waals surface area contributed by atoms with Gasteiger partial charge in [0.05, 0.1) is 5.52 Å². The average Bonchev–Trinajstić information content (AvgIpc) is 3.13. The number of hydrogen-bond acceptors (Lipinski definition) is 4. The van der Waals surface area contributed by atoms with Crippen LogP contribution in [0.15, 0.2) is 42.0 Å². The van der Waals surface area contributed by atoms with E-state index in [1.54, 1.807) is 11.3 Å². The second-order valence-corrected chi connectivity index (χ2v) is 13.6. The third kappa shape index (κ3) is 3.81.